The summed E-state index contributed by atoms with van der Waals surface area (Å²) in [6, 6.07) is 13.0. The van der Waals surface area contributed by atoms with Crippen molar-refractivity contribution in [3.05, 3.63) is 64.7 Å². The maximum absolute atomic E-state index is 12.4. The van der Waals surface area contributed by atoms with Gasteiger partial charge in [-0.25, -0.2) is 8.42 Å². The molecule has 0 spiro atoms. The van der Waals surface area contributed by atoms with Crippen LogP contribution in [-0.2, 0) is 16.4 Å². The van der Waals surface area contributed by atoms with Crippen LogP contribution < -0.4 is 10.0 Å². The number of hydrogen-bond donors (Lipinski definition) is 2. The first-order chi connectivity index (χ1) is 12.9. The minimum Gasteiger partial charge on any atom is -0.321 e. The first kappa shape index (κ1) is 19.0. The molecule has 27 heavy (non-hydrogen) atoms. The van der Waals surface area contributed by atoms with Gasteiger partial charge in [0.2, 0.25) is 0 Å². The van der Waals surface area contributed by atoms with Crippen molar-refractivity contribution in [3.8, 4) is 0 Å². The highest BCUT2D eigenvalue weighted by Crippen LogP contribution is 2.20. The van der Waals surface area contributed by atoms with Crippen LogP contribution >= 0.6 is 11.5 Å². The van der Waals surface area contributed by atoms with E-state index >= 15 is 0 Å². The fourth-order valence-corrected chi connectivity index (χ4v) is 4.06. The van der Waals surface area contributed by atoms with Gasteiger partial charge in [-0.05, 0) is 61.3 Å². The summed E-state index contributed by atoms with van der Waals surface area (Å²) in [5, 5.41) is 6.68. The molecule has 2 N–H and O–H groups in total. The molecule has 0 unspecified atom stereocenters. The van der Waals surface area contributed by atoms with Crippen LogP contribution in [0.3, 0.4) is 0 Å². The average molecular weight is 403 g/mol. The van der Waals surface area contributed by atoms with E-state index < -0.39 is 10.0 Å². The second-order valence-electron chi connectivity index (χ2n) is 5.85. The maximum atomic E-state index is 12.4. The van der Waals surface area contributed by atoms with Crippen molar-refractivity contribution in [2.75, 3.05) is 10.0 Å². The number of anilines is 2. The number of aryl methyl sites for hydroxylation is 2. The van der Waals surface area contributed by atoms with Crippen molar-refractivity contribution in [2.24, 2.45) is 0 Å². The molecule has 2 aromatic carbocycles. The average Bonchev–Trinajstić information content (AvgIpc) is 3.12. The number of benzene rings is 2. The first-order valence-electron chi connectivity index (χ1n) is 8.21. The SMILES string of the molecule is CCc1nnsc1C(=O)Nc1ccc(NS(=O)(=O)c2ccc(C)cc2)cc1. The molecule has 0 bridgehead atoms. The standard InChI is InChI=1S/C18H18N4O3S2/c1-3-16-17(26-22-20-16)18(23)19-13-6-8-14(9-7-13)21-27(24,25)15-10-4-12(2)5-11-15/h4-11,21H,3H2,1-2H3,(H,19,23). The number of hydrogen-bond acceptors (Lipinski definition) is 6. The van der Waals surface area contributed by atoms with Crippen LogP contribution in [0.2, 0.25) is 0 Å². The van der Waals surface area contributed by atoms with E-state index in [0.717, 1.165) is 17.1 Å². The van der Waals surface area contributed by atoms with Crippen LogP contribution in [0.1, 0.15) is 27.9 Å². The predicted octanol–water partition coefficient (Wildman–Crippen LogP) is 3.46. The largest absolute Gasteiger partial charge is 0.321 e. The molecule has 140 valence electrons. The number of carbonyl (C=O) groups is 1. The Morgan fingerprint density at radius 3 is 2.30 bits per heavy atom. The summed E-state index contributed by atoms with van der Waals surface area (Å²) in [4.78, 5) is 13.0. The van der Waals surface area contributed by atoms with Crippen molar-refractivity contribution in [1.29, 1.82) is 0 Å². The molecule has 0 radical (unpaired) electrons. The van der Waals surface area contributed by atoms with Gasteiger partial charge in [-0.3, -0.25) is 9.52 Å². The molecule has 0 aliphatic carbocycles. The predicted molar refractivity (Wildman–Crippen MR) is 106 cm³/mol. The lowest BCUT2D eigenvalue weighted by Gasteiger charge is -2.10. The Balaban J connectivity index is 1.70. The van der Waals surface area contributed by atoms with Gasteiger partial charge in [0.25, 0.3) is 15.9 Å². The smallest absolute Gasteiger partial charge is 0.269 e. The number of carbonyl (C=O) groups excluding carboxylic acids is 1. The monoisotopic (exact) mass is 402 g/mol. The molecule has 3 rings (SSSR count). The second kappa shape index (κ2) is 7.85. The molecule has 0 atom stereocenters. The Labute approximate surface area is 161 Å². The van der Waals surface area contributed by atoms with E-state index in [1.165, 1.54) is 0 Å². The number of nitrogens with one attached hydrogen (secondary N) is 2. The molecule has 1 amide bonds. The third-order valence-corrected chi connectivity index (χ3v) is 5.99. The topological polar surface area (TPSA) is 101 Å². The first-order valence-corrected chi connectivity index (χ1v) is 10.5. The summed E-state index contributed by atoms with van der Waals surface area (Å²) < 4.78 is 31.1. The summed E-state index contributed by atoms with van der Waals surface area (Å²) in [5.41, 5.74) is 2.59. The Morgan fingerprint density at radius 2 is 1.67 bits per heavy atom. The Hall–Kier alpha value is -2.78. The number of rotatable bonds is 6. The van der Waals surface area contributed by atoms with E-state index in [1.54, 1.807) is 48.5 Å². The molecule has 0 fully saturated rings. The van der Waals surface area contributed by atoms with Gasteiger partial charge in [0.05, 0.1) is 10.6 Å². The zero-order chi connectivity index (χ0) is 19.4. The second-order valence-corrected chi connectivity index (χ2v) is 8.29. The van der Waals surface area contributed by atoms with E-state index in [9.17, 15) is 13.2 Å². The van der Waals surface area contributed by atoms with Crippen molar-refractivity contribution in [1.82, 2.24) is 9.59 Å². The van der Waals surface area contributed by atoms with Crippen LogP contribution in [0.25, 0.3) is 0 Å². The summed E-state index contributed by atoms with van der Waals surface area (Å²) in [7, 11) is -3.66. The number of aromatic nitrogens is 2. The highest BCUT2D eigenvalue weighted by atomic mass is 32.2. The minimum atomic E-state index is -3.66. The minimum absolute atomic E-state index is 0.190. The van der Waals surface area contributed by atoms with Gasteiger partial charge in [0, 0.05) is 11.4 Å². The van der Waals surface area contributed by atoms with Gasteiger partial charge in [-0.2, -0.15) is 0 Å². The van der Waals surface area contributed by atoms with Crippen LogP contribution in [0.4, 0.5) is 11.4 Å². The molecule has 7 nitrogen and oxygen atoms in total. The molecule has 1 aromatic heterocycles. The highest BCUT2D eigenvalue weighted by Gasteiger charge is 2.16. The van der Waals surface area contributed by atoms with Crippen LogP contribution in [-0.4, -0.2) is 23.9 Å². The van der Waals surface area contributed by atoms with Gasteiger partial charge >= 0.3 is 0 Å². The van der Waals surface area contributed by atoms with E-state index in [0.29, 0.717) is 28.4 Å². The summed E-state index contributed by atoms with van der Waals surface area (Å²) in [6.07, 6.45) is 0.624. The Kier molecular flexibility index (Phi) is 5.52. The number of nitrogens with zero attached hydrogens (tertiary/aromatic N) is 2. The lowest BCUT2D eigenvalue weighted by atomic mass is 10.2. The molecule has 9 heteroatoms. The summed E-state index contributed by atoms with van der Waals surface area (Å²) in [5.74, 6) is -0.283. The van der Waals surface area contributed by atoms with Gasteiger partial charge in [-0.1, -0.05) is 29.1 Å². The lowest BCUT2D eigenvalue weighted by molar-refractivity contribution is 0.102. The molecule has 0 saturated heterocycles. The lowest BCUT2D eigenvalue weighted by Crippen LogP contribution is -2.14. The van der Waals surface area contributed by atoms with Crippen molar-refractivity contribution >= 4 is 38.8 Å². The Morgan fingerprint density at radius 1 is 1.04 bits per heavy atom. The van der Waals surface area contributed by atoms with Crippen molar-refractivity contribution in [2.45, 2.75) is 25.2 Å². The zero-order valence-corrected chi connectivity index (χ0v) is 16.4. The van der Waals surface area contributed by atoms with Crippen LogP contribution in [0, 0.1) is 6.92 Å². The Bertz CT molecular complexity index is 1040. The van der Waals surface area contributed by atoms with E-state index in [2.05, 4.69) is 19.6 Å². The quantitative estimate of drug-likeness (QED) is 0.657. The summed E-state index contributed by atoms with van der Waals surface area (Å²) in [6.45, 7) is 3.80. The fraction of sp³-hybridized carbons (Fsp3) is 0.167. The number of sulfonamides is 1. The van der Waals surface area contributed by atoms with E-state index in [4.69, 9.17) is 0 Å². The fourth-order valence-electron chi connectivity index (χ4n) is 2.35. The van der Waals surface area contributed by atoms with Gasteiger partial charge in [0.1, 0.15) is 4.88 Å². The molecule has 0 aliphatic heterocycles. The molecule has 1 heterocycles. The third kappa shape index (κ3) is 4.50. The zero-order valence-electron chi connectivity index (χ0n) is 14.8. The van der Waals surface area contributed by atoms with Gasteiger partial charge in [0.15, 0.2) is 0 Å². The highest BCUT2D eigenvalue weighted by molar-refractivity contribution is 7.92. The summed E-state index contributed by atoms with van der Waals surface area (Å²) >= 11 is 1.05. The van der Waals surface area contributed by atoms with Crippen LogP contribution in [0.15, 0.2) is 53.4 Å². The van der Waals surface area contributed by atoms with Gasteiger partial charge in [-0.15, -0.1) is 5.10 Å². The molecule has 0 aliphatic rings. The molecule has 0 saturated carbocycles. The van der Waals surface area contributed by atoms with Crippen molar-refractivity contribution < 1.29 is 13.2 Å². The van der Waals surface area contributed by atoms with Crippen LogP contribution in [0.5, 0.6) is 0 Å². The van der Waals surface area contributed by atoms with Crippen molar-refractivity contribution in [3.63, 3.8) is 0 Å². The molecular formula is C18H18N4O3S2. The van der Waals surface area contributed by atoms with Gasteiger partial charge < -0.3 is 5.32 Å². The maximum Gasteiger partial charge on any atom is 0.269 e. The molecular weight excluding hydrogens is 384 g/mol. The number of amides is 1. The third-order valence-electron chi connectivity index (χ3n) is 3.82. The van der Waals surface area contributed by atoms with E-state index in [1.807, 2.05) is 13.8 Å². The van der Waals surface area contributed by atoms with E-state index in [-0.39, 0.29) is 10.8 Å². The molecule has 3 aromatic rings. The normalized spacial score (nSPS) is 11.2.